The monoisotopic (exact) mass is 452 g/mol. The number of rotatable bonds is 4. The zero-order valence-electron chi connectivity index (χ0n) is 15.9. The highest BCUT2D eigenvalue weighted by atomic mass is 35.5. The normalized spacial score (nSPS) is 14.2. The molecular weight excluding hydrogens is 433 g/mol. The molecule has 0 radical (unpaired) electrons. The number of nitrogens with zero attached hydrogens (tertiary/aromatic N) is 2. The second-order valence-corrected chi connectivity index (χ2v) is 7.34. The van der Waals surface area contributed by atoms with E-state index in [1.165, 1.54) is 30.5 Å². The van der Waals surface area contributed by atoms with Crippen LogP contribution in [0.15, 0.2) is 48.7 Å². The van der Waals surface area contributed by atoms with Crippen molar-refractivity contribution in [3.63, 3.8) is 0 Å². The molecule has 4 rings (SSSR count). The summed E-state index contributed by atoms with van der Waals surface area (Å²) in [5.74, 6) is -1.16. The molecule has 0 unspecified atom stereocenters. The van der Waals surface area contributed by atoms with Crippen LogP contribution in [0.3, 0.4) is 0 Å². The third-order valence-corrected chi connectivity index (χ3v) is 5.32. The van der Waals surface area contributed by atoms with Crippen molar-refractivity contribution >= 4 is 35.6 Å². The number of hydrogen-bond acceptors (Lipinski definition) is 3. The van der Waals surface area contributed by atoms with Gasteiger partial charge in [0.25, 0.3) is 5.91 Å². The van der Waals surface area contributed by atoms with Gasteiger partial charge in [-0.05, 0) is 62.3 Å². The number of aromatic nitrogens is 2. The molecule has 1 amide bonds. The van der Waals surface area contributed by atoms with E-state index in [1.54, 1.807) is 16.8 Å². The Labute approximate surface area is 183 Å². The van der Waals surface area contributed by atoms with E-state index < -0.39 is 11.7 Å². The maximum absolute atomic E-state index is 13.8. The Morgan fingerprint density at radius 3 is 2.57 bits per heavy atom. The molecule has 1 saturated heterocycles. The first-order valence-electron chi connectivity index (χ1n) is 9.34. The molecule has 158 valence electrons. The van der Waals surface area contributed by atoms with Crippen LogP contribution in [-0.2, 0) is 0 Å². The molecule has 1 fully saturated rings. The molecule has 0 bridgehead atoms. The number of carbonyl (C=O) groups is 1. The largest absolute Gasteiger partial charge is 0.321 e. The number of nitrogens with one attached hydrogen (secondary N) is 2. The van der Waals surface area contributed by atoms with Gasteiger partial charge in [0.05, 0.1) is 33.9 Å². The lowest BCUT2D eigenvalue weighted by molar-refractivity contribution is 0.102. The van der Waals surface area contributed by atoms with Gasteiger partial charge in [0.15, 0.2) is 0 Å². The first-order chi connectivity index (χ1) is 14.0. The third kappa shape index (κ3) is 4.64. The van der Waals surface area contributed by atoms with Crippen LogP contribution < -0.4 is 10.6 Å². The molecule has 0 saturated carbocycles. The number of amides is 1. The number of piperidine rings is 1. The van der Waals surface area contributed by atoms with Crippen LogP contribution >= 0.6 is 24.0 Å². The summed E-state index contributed by atoms with van der Waals surface area (Å²) in [5, 5.41) is 10.5. The van der Waals surface area contributed by atoms with E-state index in [-0.39, 0.29) is 29.2 Å². The standard InChI is InChI=1S/C21H19ClF2N4O.ClH/c22-18-11-15(24)4-5-19(18)27-21(29)17-12-26-28(16-3-1-2-14(23)10-16)20(17)13-6-8-25-9-7-13;/h1-5,10-13,25H,6-9H2,(H,27,29);1H. The Morgan fingerprint density at radius 2 is 1.87 bits per heavy atom. The lowest BCUT2D eigenvalue weighted by Gasteiger charge is -2.24. The van der Waals surface area contributed by atoms with Crippen LogP contribution in [0.5, 0.6) is 0 Å². The highest BCUT2D eigenvalue weighted by Gasteiger charge is 2.27. The SMILES string of the molecule is Cl.O=C(Nc1ccc(F)cc1Cl)c1cnn(-c2cccc(F)c2)c1C1CCNCC1. The van der Waals surface area contributed by atoms with Gasteiger partial charge in [0.2, 0.25) is 0 Å². The summed E-state index contributed by atoms with van der Waals surface area (Å²) in [6.07, 6.45) is 3.15. The predicted octanol–water partition coefficient (Wildman–Crippen LogP) is 4.95. The van der Waals surface area contributed by atoms with Crippen molar-refractivity contribution in [2.75, 3.05) is 18.4 Å². The van der Waals surface area contributed by atoms with Crippen molar-refractivity contribution in [3.05, 3.63) is 76.6 Å². The first-order valence-corrected chi connectivity index (χ1v) is 9.71. The molecule has 2 aromatic carbocycles. The van der Waals surface area contributed by atoms with Crippen LogP contribution in [0, 0.1) is 11.6 Å². The first kappa shape index (κ1) is 22.2. The molecule has 3 aromatic rings. The van der Waals surface area contributed by atoms with E-state index in [0.29, 0.717) is 16.9 Å². The second kappa shape index (κ2) is 9.55. The fourth-order valence-corrected chi connectivity index (χ4v) is 3.83. The minimum absolute atomic E-state index is 0. The summed E-state index contributed by atoms with van der Waals surface area (Å²) in [7, 11) is 0. The van der Waals surface area contributed by atoms with Crippen molar-refractivity contribution in [1.29, 1.82) is 0 Å². The molecule has 0 spiro atoms. The fraction of sp³-hybridized carbons (Fsp3) is 0.238. The van der Waals surface area contributed by atoms with Crippen LogP contribution in [0.25, 0.3) is 5.69 Å². The summed E-state index contributed by atoms with van der Waals surface area (Å²) < 4.78 is 28.7. The molecule has 2 N–H and O–H groups in total. The number of anilines is 1. The van der Waals surface area contributed by atoms with Crippen LogP contribution in [0.4, 0.5) is 14.5 Å². The zero-order valence-corrected chi connectivity index (χ0v) is 17.4. The van der Waals surface area contributed by atoms with E-state index >= 15 is 0 Å². The number of hydrogen-bond donors (Lipinski definition) is 2. The van der Waals surface area contributed by atoms with Gasteiger partial charge in [-0.3, -0.25) is 4.79 Å². The van der Waals surface area contributed by atoms with Crippen molar-refractivity contribution < 1.29 is 13.6 Å². The zero-order chi connectivity index (χ0) is 20.4. The molecule has 1 aromatic heterocycles. The molecule has 0 atom stereocenters. The van der Waals surface area contributed by atoms with E-state index in [1.807, 2.05) is 0 Å². The Morgan fingerprint density at radius 1 is 1.13 bits per heavy atom. The number of carbonyl (C=O) groups excluding carboxylic acids is 1. The molecule has 30 heavy (non-hydrogen) atoms. The van der Waals surface area contributed by atoms with E-state index in [2.05, 4.69) is 15.7 Å². The maximum Gasteiger partial charge on any atom is 0.259 e. The average molecular weight is 453 g/mol. The number of benzene rings is 2. The Bertz CT molecular complexity index is 1050. The Balaban J connectivity index is 0.00000256. The highest BCUT2D eigenvalue weighted by Crippen LogP contribution is 2.31. The predicted molar refractivity (Wildman–Crippen MR) is 115 cm³/mol. The van der Waals surface area contributed by atoms with Gasteiger partial charge < -0.3 is 10.6 Å². The topological polar surface area (TPSA) is 59.0 Å². The minimum atomic E-state index is -0.484. The summed E-state index contributed by atoms with van der Waals surface area (Å²) in [5.41, 5.74) is 1.99. The fourth-order valence-electron chi connectivity index (χ4n) is 3.62. The third-order valence-electron chi connectivity index (χ3n) is 5.01. The van der Waals surface area contributed by atoms with Crippen LogP contribution in [-0.4, -0.2) is 28.8 Å². The van der Waals surface area contributed by atoms with Gasteiger partial charge >= 0.3 is 0 Å². The van der Waals surface area contributed by atoms with E-state index in [0.717, 1.165) is 37.7 Å². The molecule has 5 nitrogen and oxygen atoms in total. The Hall–Kier alpha value is -2.48. The second-order valence-electron chi connectivity index (χ2n) is 6.94. The van der Waals surface area contributed by atoms with Gasteiger partial charge in [0.1, 0.15) is 11.6 Å². The molecule has 1 aliphatic rings. The summed E-state index contributed by atoms with van der Waals surface area (Å²) in [6, 6.07) is 9.89. The van der Waals surface area contributed by atoms with Crippen molar-refractivity contribution in [3.8, 4) is 5.69 Å². The lowest BCUT2D eigenvalue weighted by Crippen LogP contribution is -2.29. The van der Waals surface area contributed by atoms with Gasteiger partial charge in [-0.1, -0.05) is 17.7 Å². The maximum atomic E-state index is 13.8. The molecular formula is C21H20Cl2F2N4O. The lowest BCUT2D eigenvalue weighted by atomic mass is 9.91. The quantitative estimate of drug-likeness (QED) is 0.588. The average Bonchev–Trinajstić information content (AvgIpc) is 3.16. The van der Waals surface area contributed by atoms with E-state index in [9.17, 15) is 13.6 Å². The van der Waals surface area contributed by atoms with Gasteiger partial charge in [-0.15, -0.1) is 12.4 Å². The molecule has 9 heteroatoms. The van der Waals surface area contributed by atoms with Gasteiger partial charge in [0, 0.05) is 5.92 Å². The van der Waals surface area contributed by atoms with Crippen LogP contribution in [0.1, 0.15) is 34.8 Å². The molecule has 2 heterocycles. The van der Waals surface area contributed by atoms with Gasteiger partial charge in [-0.25, -0.2) is 13.5 Å². The van der Waals surface area contributed by atoms with Gasteiger partial charge in [-0.2, -0.15) is 5.10 Å². The van der Waals surface area contributed by atoms with Crippen molar-refractivity contribution in [2.45, 2.75) is 18.8 Å². The summed E-state index contributed by atoms with van der Waals surface area (Å²) in [6.45, 7) is 1.65. The van der Waals surface area contributed by atoms with Crippen molar-refractivity contribution in [2.24, 2.45) is 0 Å². The number of halogens is 4. The van der Waals surface area contributed by atoms with E-state index in [4.69, 9.17) is 11.6 Å². The van der Waals surface area contributed by atoms with Crippen molar-refractivity contribution in [1.82, 2.24) is 15.1 Å². The summed E-state index contributed by atoms with van der Waals surface area (Å²) in [4.78, 5) is 13.0. The minimum Gasteiger partial charge on any atom is -0.321 e. The highest BCUT2D eigenvalue weighted by molar-refractivity contribution is 6.33. The summed E-state index contributed by atoms with van der Waals surface area (Å²) >= 11 is 6.04. The molecule has 1 aliphatic heterocycles. The smallest absolute Gasteiger partial charge is 0.259 e. The van der Waals surface area contributed by atoms with Crippen LogP contribution in [0.2, 0.25) is 5.02 Å². The Kier molecular flexibility index (Phi) is 7.07. The molecule has 0 aliphatic carbocycles.